The lowest BCUT2D eigenvalue weighted by Crippen LogP contribution is -2.27. The van der Waals surface area contributed by atoms with E-state index in [9.17, 15) is 13.2 Å². The molecule has 0 radical (unpaired) electrons. The maximum Gasteiger partial charge on any atom is 0.391 e. The van der Waals surface area contributed by atoms with Gasteiger partial charge in [0.1, 0.15) is 5.15 Å². The molecule has 1 aliphatic carbocycles. The molecule has 0 N–H and O–H groups in total. The summed E-state index contributed by atoms with van der Waals surface area (Å²) >= 11 is 6.47. The van der Waals surface area contributed by atoms with Crippen molar-refractivity contribution >= 4 is 17.2 Å². The molecule has 0 unspecified atom stereocenters. The summed E-state index contributed by atoms with van der Waals surface area (Å²) in [5.41, 5.74) is 3.11. The van der Waals surface area contributed by atoms with E-state index in [1.165, 1.54) is 0 Å². The van der Waals surface area contributed by atoms with Gasteiger partial charge in [0.25, 0.3) is 0 Å². The first kappa shape index (κ1) is 18.5. The molecule has 1 saturated carbocycles. The highest BCUT2D eigenvalue weighted by atomic mass is 35.5. The van der Waals surface area contributed by atoms with Crippen LogP contribution in [-0.4, -0.2) is 34.5 Å². The van der Waals surface area contributed by atoms with Gasteiger partial charge in [0.05, 0.1) is 18.2 Å². The van der Waals surface area contributed by atoms with E-state index >= 15 is 0 Å². The van der Waals surface area contributed by atoms with E-state index in [0.29, 0.717) is 36.7 Å². The number of methoxy groups -OCH3 is 1. The summed E-state index contributed by atoms with van der Waals surface area (Å²) < 4.78 is 45.2. The third kappa shape index (κ3) is 3.77. The van der Waals surface area contributed by atoms with Crippen molar-refractivity contribution in [2.75, 3.05) is 13.7 Å². The van der Waals surface area contributed by atoms with Crippen molar-refractivity contribution in [2.45, 2.75) is 51.1 Å². The van der Waals surface area contributed by atoms with E-state index < -0.39 is 12.1 Å². The summed E-state index contributed by atoms with van der Waals surface area (Å²) in [7, 11) is 1.62. The molecule has 0 atom stereocenters. The first-order valence-corrected chi connectivity index (χ1v) is 8.79. The molecule has 4 nitrogen and oxygen atoms in total. The molecule has 0 spiro atoms. The fraction of sp³-hybridized carbons (Fsp3) is 0.647. The number of aromatic nitrogens is 3. The van der Waals surface area contributed by atoms with Gasteiger partial charge in [0.2, 0.25) is 0 Å². The molecule has 0 bridgehead atoms. The second-order valence-electron chi connectivity index (χ2n) is 6.64. The molecular weight excluding hydrogens is 355 g/mol. The highest BCUT2D eigenvalue weighted by Crippen LogP contribution is 2.42. The van der Waals surface area contributed by atoms with Gasteiger partial charge in [-0.15, -0.1) is 0 Å². The normalized spacial score (nSPS) is 21.8. The molecule has 1 fully saturated rings. The van der Waals surface area contributed by atoms with Gasteiger partial charge in [-0.25, -0.2) is 9.50 Å². The number of fused-ring (bicyclic) bond motifs is 1. The molecule has 0 aromatic carbocycles. The summed E-state index contributed by atoms with van der Waals surface area (Å²) in [5.74, 6) is -1.16. The molecule has 1 aliphatic rings. The molecule has 0 aliphatic heterocycles. The minimum atomic E-state index is -4.10. The lowest BCUT2D eigenvalue weighted by atomic mass is 9.80. The Morgan fingerprint density at radius 2 is 1.96 bits per heavy atom. The van der Waals surface area contributed by atoms with Crippen LogP contribution in [0.15, 0.2) is 6.07 Å². The monoisotopic (exact) mass is 375 g/mol. The van der Waals surface area contributed by atoms with E-state index in [1.807, 2.05) is 13.0 Å². The van der Waals surface area contributed by atoms with E-state index in [0.717, 1.165) is 17.0 Å². The predicted molar refractivity (Wildman–Crippen MR) is 89.1 cm³/mol. The lowest BCUT2D eigenvalue weighted by Gasteiger charge is -2.28. The van der Waals surface area contributed by atoms with Gasteiger partial charge in [0, 0.05) is 36.8 Å². The van der Waals surface area contributed by atoms with Crippen LogP contribution in [0.25, 0.3) is 5.65 Å². The van der Waals surface area contributed by atoms with Crippen LogP contribution < -0.4 is 0 Å². The van der Waals surface area contributed by atoms with Crippen molar-refractivity contribution in [1.82, 2.24) is 14.6 Å². The summed E-state index contributed by atoms with van der Waals surface area (Å²) in [6.07, 6.45) is -2.18. The number of hydrogen-bond donors (Lipinski definition) is 0. The van der Waals surface area contributed by atoms with E-state index in [2.05, 4.69) is 10.1 Å². The Morgan fingerprint density at radius 1 is 1.28 bits per heavy atom. The first-order chi connectivity index (χ1) is 11.8. The van der Waals surface area contributed by atoms with Crippen molar-refractivity contribution in [3.63, 3.8) is 0 Å². The Morgan fingerprint density at radius 3 is 2.56 bits per heavy atom. The summed E-state index contributed by atoms with van der Waals surface area (Å²) in [4.78, 5) is 4.54. The Hall–Kier alpha value is -1.34. The van der Waals surface area contributed by atoms with Crippen molar-refractivity contribution in [2.24, 2.45) is 5.92 Å². The largest absolute Gasteiger partial charge is 0.391 e. The Kier molecular flexibility index (Phi) is 5.25. The average molecular weight is 376 g/mol. The van der Waals surface area contributed by atoms with Crippen LogP contribution in [0.5, 0.6) is 0 Å². The molecule has 8 heteroatoms. The maximum absolute atomic E-state index is 12.8. The van der Waals surface area contributed by atoms with Crippen LogP contribution in [-0.2, 0) is 11.2 Å². The van der Waals surface area contributed by atoms with Crippen molar-refractivity contribution in [3.8, 4) is 0 Å². The highest BCUT2D eigenvalue weighted by Gasteiger charge is 2.41. The quantitative estimate of drug-likeness (QED) is 0.726. The van der Waals surface area contributed by atoms with Gasteiger partial charge in [-0.1, -0.05) is 11.6 Å². The number of aryl methyl sites for hydroxylation is 1. The van der Waals surface area contributed by atoms with Crippen LogP contribution in [0.4, 0.5) is 13.2 Å². The number of nitrogens with zero attached hydrogens (tertiary/aromatic N) is 3. The lowest BCUT2D eigenvalue weighted by molar-refractivity contribution is -0.182. The molecule has 2 aromatic rings. The Balaban J connectivity index is 1.83. The Labute approximate surface area is 149 Å². The predicted octanol–water partition coefficient (Wildman–Crippen LogP) is 4.72. The molecule has 2 heterocycles. The SMILES string of the molecule is COCCc1c(C)nc2cc([C@H]3CC[C@H](C(F)(F)F)CC3)nn2c1Cl. The van der Waals surface area contributed by atoms with Gasteiger partial charge in [-0.3, -0.25) is 0 Å². The average Bonchev–Trinajstić information content (AvgIpc) is 2.98. The van der Waals surface area contributed by atoms with Crippen LogP contribution in [0.2, 0.25) is 5.15 Å². The smallest absolute Gasteiger partial charge is 0.384 e. The van der Waals surface area contributed by atoms with E-state index in [-0.39, 0.29) is 18.8 Å². The molecule has 2 aromatic heterocycles. The summed E-state index contributed by atoms with van der Waals surface area (Å²) in [5, 5.41) is 5.03. The maximum atomic E-state index is 12.8. The van der Waals surface area contributed by atoms with Crippen molar-refractivity contribution < 1.29 is 17.9 Å². The third-order valence-electron chi connectivity index (χ3n) is 5.03. The number of hydrogen-bond acceptors (Lipinski definition) is 3. The summed E-state index contributed by atoms with van der Waals surface area (Å²) in [6.45, 7) is 2.42. The van der Waals surface area contributed by atoms with Crippen molar-refractivity contribution in [3.05, 3.63) is 28.2 Å². The molecule has 138 valence electrons. The zero-order valence-electron chi connectivity index (χ0n) is 14.2. The van der Waals surface area contributed by atoms with Crippen LogP contribution in [0, 0.1) is 12.8 Å². The Bertz CT molecular complexity index is 752. The fourth-order valence-corrected chi connectivity index (χ4v) is 3.89. The fourth-order valence-electron chi connectivity index (χ4n) is 3.53. The second-order valence-corrected chi connectivity index (χ2v) is 7.00. The first-order valence-electron chi connectivity index (χ1n) is 8.41. The standard InChI is InChI=1S/C17H21ClF3N3O/c1-10-13(7-8-25-2)16(18)24-15(22-10)9-14(23-24)11-3-5-12(6-4-11)17(19,20)21/h9,11-12H,3-8H2,1-2H3/t11-,12-. The molecule has 0 amide bonds. The van der Waals surface area contributed by atoms with Crippen LogP contribution in [0.3, 0.4) is 0 Å². The number of rotatable bonds is 4. The number of ether oxygens (including phenoxy) is 1. The third-order valence-corrected chi connectivity index (χ3v) is 5.42. The number of halogens is 4. The minimum absolute atomic E-state index is 0.0269. The van der Waals surface area contributed by atoms with Gasteiger partial charge < -0.3 is 4.74 Å². The molecule has 3 rings (SSSR count). The van der Waals surface area contributed by atoms with E-state index in [1.54, 1.807) is 11.6 Å². The van der Waals surface area contributed by atoms with Gasteiger partial charge >= 0.3 is 6.18 Å². The van der Waals surface area contributed by atoms with Gasteiger partial charge in [0.15, 0.2) is 5.65 Å². The van der Waals surface area contributed by atoms with Crippen molar-refractivity contribution in [1.29, 1.82) is 0 Å². The zero-order valence-corrected chi connectivity index (χ0v) is 15.0. The molecular formula is C17H21ClF3N3O. The van der Waals surface area contributed by atoms with E-state index in [4.69, 9.17) is 16.3 Å². The van der Waals surface area contributed by atoms with Crippen LogP contribution in [0.1, 0.15) is 48.6 Å². The topological polar surface area (TPSA) is 39.4 Å². The van der Waals surface area contributed by atoms with Crippen LogP contribution >= 0.6 is 11.6 Å². The molecule has 0 saturated heterocycles. The van der Waals surface area contributed by atoms with Gasteiger partial charge in [-0.2, -0.15) is 18.3 Å². The van der Waals surface area contributed by atoms with Gasteiger partial charge in [-0.05, 0) is 32.6 Å². The molecule has 25 heavy (non-hydrogen) atoms. The summed E-state index contributed by atoms with van der Waals surface area (Å²) in [6, 6.07) is 1.84. The zero-order chi connectivity index (χ0) is 18.2. The second kappa shape index (κ2) is 7.11. The minimum Gasteiger partial charge on any atom is -0.384 e. The highest BCUT2D eigenvalue weighted by molar-refractivity contribution is 6.30. The number of alkyl halides is 3.